The van der Waals surface area contributed by atoms with Crippen molar-refractivity contribution in [2.75, 3.05) is 17.5 Å². The van der Waals surface area contributed by atoms with Crippen LogP contribution in [-0.4, -0.2) is 50.4 Å². The van der Waals surface area contributed by atoms with Crippen LogP contribution in [0.1, 0.15) is 51.5 Å². The molecule has 1 N–H and O–H groups in total. The van der Waals surface area contributed by atoms with E-state index >= 15 is 0 Å². The SMILES string of the molecule is CCOc1ccccc1N(CC(=O)N(Cc1ccccc1F)[C@H](C)C(=O)NC1CCCCC1)S(=O)(=O)c1ccccc1. The third-order valence-electron chi connectivity index (χ3n) is 7.46. The molecule has 8 nitrogen and oxygen atoms in total. The van der Waals surface area contributed by atoms with Gasteiger partial charge in [0.25, 0.3) is 10.0 Å². The number of para-hydroxylation sites is 2. The molecular formula is C32H38FN3O5S. The minimum Gasteiger partial charge on any atom is -0.492 e. The van der Waals surface area contributed by atoms with Crippen LogP contribution in [0.3, 0.4) is 0 Å². The van der Waals surface area contributed by atoms with Crippen molar-refractivity contribution in [2.24, 2.45) is 0 Å². The molecule has 0 heterocycles. The first-order valence-corrected chi connectivity index (χ1v) is 15.8. The van der Waals surface area contributed by atoms with E-state index in [1.807, 2.05) is 0 Å². The Labute approximate surface area is 247 Å². The quantitative estimate of drug-likeness (QED) is 0.307. The molecule has 1 aliphatic carbocycles. The minimum atomic E-state index is -4.24. The van der Waals surface area contributed by atoms with Gasteiger partial charge in [-0.25, -0.2) is 12.8 Å². The van der Waals surface area contributed by atoms with Gasteiger partial charge in [-0.2, -0.15) is 0 Å². The summed E-state index contributed by atoms with van der Waals surface area (Å²) in [5.41, 5.74) is 0.400. The minimum absolute atomic E-state index is 0.00661. The Kier molecular flexibility index (Phi) is 10.6. The first kappa shape index (κ1) is 31.0. The van der Waals surface area contributed by atoms with E-state index < -0.39 is 34.3 Å². The molecule has 1 aliphatic rings. The summed E-state index contributed by atoms with van der Waals surface area (Å²) in [6.07, 6.45) is 4.87. The monoisotopic (exact) mass is 595 g/mol. The Morgan fingerprint density at radius 3 is 2.29 bits per heavy atom. The highest BCUT2D eigenvalue weighted by molar-refractivity contribution is 7.92. The van der Waals surface area contributed by atoms with Crippen LogP contribution in [0.25, 0.3) is 0 Å². The number of carbonyl (C=O) groups excluding carboxylic acids is 2. The Morgan fingerprint density at radius 1 is 0.952 bits per heavy atom. The standard InChI is InChI=1S/C32H38FN3O5S/c1-3-41-30-21-13-12-20-29(30)36(42(39,40)27-17-8-5-9-18-27)23-31(37)35(22-25-14-10-11-19-28(25)33)24(2)32(38)34-26-15-6-4-7-16-26/h5,8-14,17-21,24,26H,3-4,6-7,15-16,22-23H2,1-2H3,(H,34,38)/t24-/m1/s1. The van der Waals surface area contributed by atoms with Crippen molar-refractivity contribution < 1.29 is 27.1 Å². The Bertz CT molecular complexity index is 1460. The lowest BCUT2D eigenvalue weighted by atomic mass is 9.95. The molecule has 4 rings (SSSR count). The number of benzene rings is 3. The molecule has 0 bridgehead atoms. The van der Waals surface area contributed by atoms with Gasteiger partial charge in [-0.15, -0.1) is 0 Å². The first-order chi connectivity index (χ1) is 20.2. The smallest absolute Gasteiger partial charge is 0.264 e. The van der Waals surface area contributed by atoms with Crippen molar-refractivity contribution >= 4 is 27.5 Å². The molecule has 0 aromatic heterocycles. The lowest BCUT2D eigenvalue weighted by molar-refractivity contribution is -0.139. The van der Waals surface area contributed by atoms with Crippen molar-refractivity contribution in [1.82, 2.24) is 10.2 Å². The molecule has 10 heteroatoms. The molecule has 224 valence electrons. The first-order valence-electron chi connectivity index (χ1n) is 14.3. The van der Waals surface area contributed by atoms with E-state index in [1.54, 1.807) is 74.5 Å². The molecule has 1 saturated carbocycles. The van der Waals surface area contributed by atoms with Crippen LogP contribution in [-0.2, 0) is 26.2 Å². The normalized spacial score (nSPS) is 14.5. The topological polar surface area (TPSA) is 96.0 Å². The molecular weight excluding hydrogens is 557 g/mol. The predicted molar refractivity (Wildman–Crippen MR) is 160 cm³/mol. The van der Waals surface area contributed by atoms with Crippen LogP contribution in [0.4, 0.5) is 10.1 Å². The third-order valence-corrected chi connectivity index (χ3v) is 9.24. The summed E-state index contributed by atoms with van der Waals surface area (Å²) < 4.78 is 49.5. The largest absolute Gasteiger partial charge is 0.492 e. The van der Waals surface area contributed by atoms with Gasteiger partial charge in [0.1, 0.15) is 24.2 Å². The molecule has 0 radical (unpaired) electrons. The number of hydrogen-bond acceptors (Lipinski definition) is 5. The van der Waals surface area contributed by atoms with Gasteiger partial charge < -0.3 is 15.0 Å². The second-order valence-electron chi connectivity index (χ2n) is 10.4. The summed E-state index contributed by atoms with van der Waals surface area (Å²) in [6.45, 7) is 2.80. The van der Waals surface area contributed by atoms with Crippen LogP contribution in [0.5, 0.6) is 5.75 Å². The second kappa shape index (κ2) is 14.3. The molecule has 0 saturated heterocycles. The van der Waals surface area contributed by atoms with Gasteiger partial charge in [-0.3, -0.25) is 13.9 Å². The summed E-state index contributed by atoms with van der Waals surface area (Å²) in [5, 5.41) is 3.04. The van der Waals surface area contributed by atoms with Gasteiger partial charge in [-0.1, -0.05) is 67.8 Å². The van der Waals surface area contributed by atoms with E-state index in [0.29, 0.717) is 0 Å². The van der Waals surface area contributed by atoms with Gasteiger partial charge in [0.2, 0.25) is 11.8 Å². The van der Waals surface area contributed by atoms with Crippen LogP contribution < -0.4 is 14.4 Å². The number of hydrogen-bond donors (Lipinski definition) is 1. The maximum atomic E-state index is 14.8. The molecule has 0 unspecified atom stereocenters. The van der Waals surface area contributed by atoms with Crippen molar-refractivity contribution in [2.45, 2.75) is 69.5 Å². The third kappa shape index (κ3) is 7.47. The van der Waals surface area contributed by atoms with Crippen LogP contribution >= 0.6 is 0 Å². The molecule has 3 aromatic carbocycles. The zero-order chi connectivity index (χ0) is 30.1. The number of amides is 2. The van der Waals surface area contributed by atoms with E-state index in [1.165, 1.54) is 23.1 Å². The average Bonchev–Trinajstić information content (AvgIpc) is 3.00. The zero-order valence-corrected chi connectivity index (χ0v) is 24.9. The molecule has 42 heavy (non-hydrogen) atoms. The summed E-state index contributed by atoms with van der Waals surface area (Å²) in [7, 11) is -4.24. The number of halogens is 1. The van der Waals surface area contributed by atoms with Crippen LogP contribution in [0.15, 0.2) is 83.8 Å². The number of sulfonamides is 1. The van der Waals surface area contributed by atoms with Crippen LogP contribution in [0.2, 0.25) is 0 Å². The van der Waals surface area contributed by atoms with Gasteiger partial charge in [-0.05, 0) is 57.0 Å². The highest BCUT2D eigenvalue weighted by Crippen LogP contribution is 2.33. The zero-order valence-electron chi connectivity index (χ0n) is 24.0. The van der Waals surface area contributed by atoms with E-state index in [0.717, 1.165) is 36.4 Å². The maximum absolute atomic E-state index is 14.8. The molecule has 1 atom stereocenters. The van der Waals surface area contributed by atoms with E-state index in [9.17, 15) is 22.4 Å². The van der Waals surface area contributed by atoms with Crippen molar-refractivity contribution in [3.63, 3.8) is 0 Å². The summed E-state index contributed by atoms with van der Waals surface area (Å²) in [4.78, 5) is 28.7. The number of nitrogens with one attached hydrogen (secondary N) is 1. The predicted octanol–water partition coefficient (Wildman–Crippen LogP) is 5.29. The number of ether oxygens (including phenoxy) is 1. The Hall–Kier alpha value is -3.92. The van der Waals surface area contributed by atoms with Crippen molar-refractivity contribution in [1.29, 1.82) is 0 Å². The van der Waals surface area contributed by atoms with Crippen LogP contribution in [0, 0.1) is 5.82 Å². The highest BCUT2D eigenvalue weighted by Gasteiger charge is 2.34. The van der Waals surface area contributed by atoms with E-state index in [2.05, 4.69) is 5.32 Å². The Morgan fingerprint density at radius 2 is 1.60 bits per heavy atom. The van der Waals surface area contributed by atoms with Crippen molar-refractivity contribution in [3.05, 3.63) is 90.2 Å². The molecule has 0 spiro atoms. The van der Waals surface area contributed by atoms with Gasteiger partial charge in [0, 0.05) is 18.2 Å². The summed E-state index contributed by atoms with van der Waals surface area (Å²) >= 11 is 0. The fourth-order valence-electron chi connectivity index (χ4n) is 5.14. The molecule has 2 amide bonds. The number of carbonyl (C=O) groups is 2. The second-order valence-corrected chi connectivity index (χ2v) is 12.2. The summed E-state index contributed by atoms with van der Waals surface area (Å²) in [6, 6.07) is 19.4. The number of rotatable bonds is 12. The fraction of sp³-hybridized carbons (Fsp3) is 0.375. The summed E-state index contributed by atoms with van der Waals surface area (Å²) in [5.74, 6) is -1.25. The van der Waals surface area contributed by atoms with Gasteiger partial charge in [0.15, 0.2) is 0 Å². The number of anilines is 1. The highest BCUT2D eigenvalue weighted by atomic mass is 32.2. The molecule has 3 aromatic rings. The average molecular weight is 596 g/mol. The lowest BCUT2D eigenvalue weighted by Gasteiger charge is -2.33. The van der Waals surface area contributed by atoms with Gasteiger partial charge >= 0.3 is 0 Å². The van der Waals surface area contributed by atoms with E-state index in [-0.39, 0.29) is 47.0 Å². The molecule has 0 aliphatic heterocycles. The fourth-order valence-corrected chi connectivity index (χ4v) is 6.58. The maximum Gasteiger partial charge on any atom is 0.264 e. The number of nitrogens with zero attached hydrogens (tertiary/aromatic N) is 2. The van der Waals surface area contributed by atoms with E-state index in [4.69, 9.17) is 4.74 Å². The van der Waals surface area contributed by atoms with Crippen molar-refractivity contribution in [3.8, 4) is 5.75 Å². The Balaban J connectivity index is 1.71. The van der Waals surface area contributed by atoms with Gasteiger partial charge in [0.05, 0.1) is 17.2 Å². The molecule has 1 fully saturated rings. The lowest BCUT2D eigenvalue weighted by Crippen LogP contribution is -2.53.